The van der Waals surface area contributed by atoms with Gasteiger partial charge in [0.2, 0.25) is 0 Å². The fourth-order valence-corrected chi connectivity index (χ4v) is 1.83. The van der Waals surface area contributed by atoms with E-state index in [4.69, 9.17) is 11.1 Å². The molecule has 3 N–H and O–H groups in total. The Kier molecular flexibility index (Phi) is 3.42. The molecule has 0 radical (unpaired) electrons. The number of halogens is 1. The van der Waals surface area contributed by atoms with Crippen molar-refractivity contribution in [2.45, 2.75) is 12.8 Å². The topological polar surface area (TPSA) is 49.9 Å². The van der Waals surface area contributed by atoms with Crippen molar-refractivity contribution >= 4 is 5.84 Å². The summed E-state index contributed by atoms with van der Waals surface area (Å²) < 4.78 is 14.0. The van der Waals surface area contributed by atoms with Crippen molar-refractivity contribution in [3.05, 3.63) is 59.9 Å². The normalized spacial score (nSPS) is 12.1. The van der Waals surface area contributed by atoms with E-state index in [1.807, 2.05) is 36.4 Å². The van der Waals surface area contributed by atoms with Gasteiger partial charge in [-0.2, -0.15) is 0 Å². The lowest BCUT2D eigenvalue weighted by atomic mass is 9.96. The average molecular weight is 242 g/mol. The molecule has 2 aromatic carbocycles. The van der Waals surface area contributed by atoms with Crippen molar-refractivity contribution in [1.29, 1.82) is 5.41 Å². The zero-order chi connectivity index (χ0) is 13.1. The van der Waals surface area contributed by atoms with Gasteiger partial charge >= 0.3 is 0 Å². The molecule has 0 saturated carbocycles. The maximum absolute atomic E-state index is 14.0. The third-order valence-electron chi connectivity index (χ3n) is 3.04. The first-order valence-electron chi connectivity index (χ1n) is 5.78. The van der Waals surface area contributed by atoms with Crippen LogP contribution in [0, 0.1) is 11.2 Å². The smallest absolute Gasteiger partial charge is 0.131 e. The molecule has 0 saturated heterocycles. The van der Waals surface area contributed by atoms with Gasteiger partial charge in [0, 0.05) is 11.5 Å². The van der Waals surface area contributed by atoms with Crippen molar-refractivity contribution in [1.82, 2.24) is 0 Å². The van der Waals surface area contributed by atoms with E-state index < -0.39 is 0 Å². The van der Waals surface area contributed by atoms with Gasteiger partial charge in [0.15, 0.2) is 0 Å². The highest BCUT2D eigenvalue weighted by atomic mass is 19.1. The maximum Gasteiger partial charge on any atom is 0.131 e. The number of hydrogen-bond donors (Lipinski definition) is 2. The zero-order valence-corrected chi connectivity index (χ0v) is 10.2. The fourth-order valence-electron chi connectivity index (χ4n) is 1.83. The largest absolute Gasteiger partial charge is 0.387 e. The SMILES string of the molecule is C[C@@H](C(=N)N)c1ccc(-c2ccccc2)c(F)c1. The van der Waals surface area contributed by atoms with Crippen LogP contribution in [-0.4, -0.2) is 5.84 Å². The monoisotopic (exact) mass is 242 g/mol. The summed E-state index contributed by atoms with van der Waals surface area (Å²) in [4.78, 5) is 0. The van der Waals surface area contributed by atoms with Gasteiger partial charge in [0.1, 0.15) is 5.82 Å². The molecule has 2 nitrogen and oxygen atoms in total. The molecule has 0 aliphatic carbocycles. The second kappa shape index (κ2) is 5.00. The molecule has 0 heterocycles. The predicted octanol–water partition coefficient (Wildman–Crippen LogP) is 3.53. The van der Waals surface area contributed by atoms with E-state index in [-0.39, 0.29) is 17.6 Å². The van der Waals surface area contributed by atoms with Crippen LogP contribution in [0.3, 0.4) is 0 Å². The van der Waals surface area contributed by atoms with Crippen molar-refractivity contribution in [3.63, 3.8) is 0 Å². The molecule has 0 aliphatic rings. The standard InChI is InChI=1S/C15H15FN2/c1-10(15(17)18)12-7-8-13(14(16)9-12)11-5-3-2-4-6-11/h2-10H,1H3,(H3,17,18)/t10-/m1/s1. The molecule has 3 heteroatoms. The van der Waals surface area contributed by atoms with Crippen molar-refractivity contribution in [2.75, 3.05) is 0 Å². The Morgan fingerprint density at radius 1 is 1.17 bits per heavy atom. The van der Waals surface area contributed by atoms with Crippen LogP contribution in [0.25, 0.3) is 11.1 Å². The first-order chi connectivity index (χ1) is 8.59. The third-order valence-corrected chi connectivity index (χ3v) is 3.04. The fraction of sp³-hybridized carbons (Fsp3) is 0.133. The van der Waals surface area contributed by atoms with E-state index in [1.165, 1.54) is 6.07 Å². The number of rotatable bonds is 3. The van der Waals surface area contributed by atoms with Crippen molar-refractivity contribution in [2.24, 2.45) is 5.73 Å². The number of nitrogens with two attached hydrogens (primary N) is 1. The van der Waals surface area contributed by atoms with Crippen LogP contribution >= 0.6 is 0 Å². The minimum absolute atomic E-state index is 0.0434. The van der Waals surface area contributed by atoms with E-state index in [0.717, 1.165) is 11.1 Å². The van der Waals surface area contributed by atoms with E-state index in [1.54, 1.807) is 13.0 Å². The minimum atomic E-state index is -0.285. The van der Waals surface area contributed by atoms with Gasteiger partial charge in [-0.15, -0.1) is 0 Å². The highest BCUT2D eigenvalue weighted by molar-refractivity contribution is 5.84. The molecule has 0 fully saturated rings. The van der Waals surface area contributed by atoms with Crippen LogP contribution in [0.4, 0.5) is 4.39 Å². The van der Waals surface area contributed by atoms with Gasteiger partial charge in [0.05, 0.1) is 5.84 Å². The molecule has 0 aromatic heterocycles. The molecular weight excluding hydrogens is 227 g/mol. The van der Waals surface area contributed by atoms with Gasteiger partial charge in [-0.1, -0.05) is 49.4 Å². The van der Waals surface area contributed by atoms with Crippen molar-refractivity contribution in [3.8, 4) is 11.1 Å². The Morgan fingerprint density at radius 3 is 2.39 bits per heavy atom. The van der Waals surface area contributed by atoms with Gasteiger partial charge in [-0.25, -0.2) is 4.39 Å². The lowest BCUT2D eigenvalue weighted by Crippen LogP contribution is -2.17. The van der Waals surface area contributed by atoms with E-state index in [9.17, 15) is 4.39 Å². The van der Waals surface area contributed by atoms with Crippen LogP contribution in [0.15, 0.2) is 48.5 Å². The molecule has 0 unspecified atom stereocenters. The molecule has 1 atom stereocenters. The van der Waals surface area contributed by atoms with E-state index in [2.05, 4.69) is 0 Å². The molecule has 0 amide bonds. The molecule has 2 rings (SSSR count). The van der Waals surface area contributed by atoms with Gasteiger partial charge < -0.3 is 5.73 Å². The summed E-state index contributed by atoms with van der Waals surface area (Å²) in [6.07, 6.45) is 0. The Morgan fingerprint density at radius 2 is 1.83 bits per heavy atom. The van der Waals surface area contributed by atoms with Crippen LogP contribution < -0.4 is 5.73 Å². The van der Waals surface area contributed by atoms with Gasteiger partial charge in [-0.05, 0) is 17.2 Å². The molecule has 2 aromatic rings. The summed E-state index contributed by atoms with van der Waals surface area (Å²) in [5.74, 6) is -0.502. The Hall–Kier alpha value is -2.16. The van der Waals surface area contributed by atoms with E-state index >= 15 is 0 Å². The summed E-state index contributed by atoms with van der Waals surface area (Å²) in [5, 5.41) is 7.38. The lowest BCUT2D eigenvalue weighted by Gasteiger charge is -2.11. The molecule has 0 bridgehead atoms. The quantitative estimate of drug-likeness (QED) is 0.627. The maximum atomic E-state index is 14.0. The van der Waals surface area contributed by atoms with Crippen LogP contribution in [0.5, 0.6) is 0 Å². The van der Waals surface area contributed by atoms with Gasteiger partial charge in [0.25, 0.3) is 0 Å². The number of amidine groups is 1. The summed E-state index contributed by atoms with van der Waals surface area (Å²) >= 11 is 0. The Bertz CT molecular complexity index is 564. The van der Waals surface area contributed by atoms with Crippen LogP contribution in [0.2, 0.25) is 0 Å². The first-order valence-corrected chi connectivity index (χ1v) is 5.78. The number of hydrogen-bond acceptors (Lipinski definition) is 1. The van der Waals surface area contributed by atoms with E-state index in [0.29, 0.717) is 5.56 Å². The molecular formula is C15H15FN2. The lowest BCUT2D eigenvalue weighted by molar-refractivity contribution is 0.628. The summed E-state index contributed by atoms with van der Waals surface area (Å²) in [6.45, 7) is 1.79. The predicted molar refractivity (Wildman–Crippen MR) is 72.2 cm³/mol. The second-order valence-electron chi connectivity index (χ2n) is 4.28. The number of benzene rings is 2. The molecule has 0 spiro atoms. The average Bonchev–Trinajstić information content (AvgIpc) is 2.38. The summed E-state index contributed by atoms with van der Waals surface area (Å²) in [6, 6.07) is 14.4. The highest BCUT2D eigenvalue weighted by Crippen LogP contribution is 2.26. The third kappa shape index (κ3) is 2.40. The van der Waals surface area contributed by atoms with Gasteiger partial charge in [-0.3, -0.25) is 5.41 Å². The van der Waals surface area contributed by atoms with Crippen LogP contribution in [0.1, 0.15) is 18.4 Å². The zero-order valence-electron chi connectivity index (χ0n) is 10.2. The Labute approximate surface area is 106 Å². The first kappa shape index (κ1) is 12.3. The van der Waals surface area contributed by atoms with Crippen LogP contribution in [-0.2, 0) is 0 Å². The number of nitrogens with one attached hydrogen (secondary N) is 1. The molecule has 0 aliphatic heterocycles. The summed E-state index contributed by atoms with van der Waals surface area (Å²) in [7, 11) is 0. The minimum Gasteiger partial charge on any atom is -0.387 e. The molecule has 92 valence electrons. The Balaban J connectivity index is 2.40. The summed E-state index contributed by atoms with van der Waals surface area (Å²) in [5.41, 5.74) is 7.56. The molecule has 18 heavy (non-hydrogen) atoms. The highest BCUT2D eigenvalue weighted by Gasteiger charge is 2.12. The second-order valence-corrected chi connectivity index (χ2v) is 4.28. The van der Waals surface area contributed by atoms with Crippen molar-refractivity contribution < 1.29 is 4.39 Å².